The van der Waals surface area contributed by atoms with Crippen molar-refractivity contribution in [2.75, 3.05) is 13.2 Å². The first kappa shape index (κ1) is 91.6. The third-order valence-electron chi connectivity index (χ3n) is 19.0. The van der Waals surface area contributed by atoms with Crippen LogP contribution in [0.5, 0.6) is 0 Å². The van der Waals surface area contributed by atoms with Crippen molar-refractivity contribution in [3.63, 3.8) is 0 Å². The molecule has 1 rings (SSSR count). The third-order valence-corrected chi connectivity index (χ3v) is 19.0. The summed E-state index contributed by atoms with van der Waals surface area (Å²) in [5.74, 6) is -0.185. The Labute approximate surface area is 598 Å². The summed E-state index contributed by atoms with van der Waals surface area (Å²) < 4.78 is 11.3. The number of hydrogen-bond donors (Lipinski definition) is 6. The summed E-state index contributed by atoms with van der Waals surface area (Å²) in [4.78, 5) is 13.2. The van der Waals surface area contributed by atoms with Crippen molar-refractivity contribution in [1.82, 2.24) is 5.32 Å². The van der Waals surface area contributed by atoms with E-state index in [-0.39, 0.29) is 12.5 Å². The summed E-state index contributed by atoms with van der Waals surface area (Å²) in [6.45, 7) is 3.69. The number of aliphatic hydroxyl groups is 5. The fourth-order valence-electron chi connectivity index (χ4n) is 12.7. The smallest absolute Gasteiger partial charge is 0.220 e. The molecule has 0 spiro atoms. The molecule has 1 amide bonds. The van der Waals surface area contributed by atoms with Gasteiger partial charge in [-0.25, -0.2) is 0 Å². The van der Waals surface area contributed by atoms with Gasteiger partial charge in [-0.15, -0.1) is 0 Å². The van der Waals surface area contributed by atoms with Gasteiger partial charge in [0.15, 0.2) is 6.29 Å². The van der Waals surface area contributed by atoms with Crippen molar-refractivity contribution in [1.29, 1.82) is 0 Å². The van der Waals surface area contributed by atoms with Gasteiger partial charge in [-0.05, 0) is 96.3 Å². The van der Waals surface area contributed by atoms with Crippen LogP contribution in [0, 0.1) is 0 Å². The molecule has 560 valence electrons. The van der Waals surface area contributed by atoms with E-state index in [2.05, 4.69) is 129 Å². The lowest BCUT2D eigenvalue weighted by Crippen LogP contribution is -2.60. The predicted molar refractivity (Wildman–Crippen MR) is 419 cm³/mol. The number of carbonyl (C=O) groups excluding carboxylic acids is 1. The SMILES string of the molecule is CC/C=C\C/C=C\C/C=C\C/C=C\C/C=C\C/C=C\C/C=C\C/C=C\CCCCCCCCCCCCCCCCCCC(=O)NC(COC1OC(CO)C(O)C(O)C1O)C(O)/C=C/CC/C=C/CCCCCCCCCCCCCCCCCCCCCCCCCCCCC. The Morgan fingerprint density at radius 3 is 0.990 bits per heavy atom. The summed E-state index contributed by atoms with van der Waals surface area (Å²) in [7, 11) is 0. The molecule has 0 aromatic carbocycles. The molecule has 0 radical (unpaired) electrons. The summed E-state index contributed by atoms with van der Waals surface area (Å²) in [6, 6.07) is -0.830. The van der Waals surface area contributed by atoms with Gasteiger partial charge in [-0.1, -0.05) is 392 Å². The van der Waals surface area contributed by atoms with Crippen LogP contribution in [0.25, 0.3) is 0 Å². The number of ether oxygens (including phenoxy) is 2. The summed E-state index contributed by atoms with van der Waals surface area (Å²) >= 11 is 0. The van der Waals surface area contributed by atoms with Crippen LogP contribution in [0.1, 0.15) is 373 Å². The minimum Gasteiger partial charge on any atom is -0.394 e. The molecule has 1 saturated heterocycles. The standard InChI is InChI=1S/C88H155NO8/c1-3-5-7-9-11-13-15-17-19-21-23-25-27-29-31-33-35-37-38-39-40-41-42-43-44-46-48-50-52-54-56-58-60-62-64-66-68-70-72-74-76-78-84(92)89-81(80-96-88-87(95)86(94)85(93)83(79-90)97-88)82(91)77-75-73-71-69-67-65-63-61-59-57-55-53-51-49-47-45-36-34-32-30-28-26-24-22-20-18-16-14-12-10-8-6-4-2/h5,7,11,13,17,19,23,25,29,31,35,37,39-40,42-43,67,69,75,77,81-83,85-88,90-91,93-95H,3-4,6,8-10,12,14-16,18,20-22,24,26-28,30,32-34,36,38,41,44-66,68,70-74,76,78-80H2,1-2H3,(H,89,92)/b7-5-,13-11-,19-17-,25-23-,31-29-,37-35-,40-39-,43-42-,69-67+,77-75+. The number of rotatable bonds is 72. The Balaban J connectivity index is 2.09. The van der Waals surface area contributed by atoms with Crippen LogP contribution in [-0.4, -0.2) is 87.5 Å². The molecule has 0 saturated carbocycles. The van der Waals surface area contributed by atoms with Gasteiger partial charge in [-0.3, -0.25) is 4.79 Å². The van der Waals surface area contributed by atoms with Crippen LogP contribution in [-0.2, 0) is 14.3 Å². The molecule has 1 aliphatic heterocycles. The molecule has 9 nitrogen and oxygen atoms in total. The second-order valence-electron chi connectivity index (χ2n) is 28.2. The first-order valence-corrected chi connectivity index (χ1v) is 41.3. The van der Waals surface area contributed by atoms with E-state index in [0.29, 0.717) is 6.42 Å². The van der Waals surface area contributed by atoms with Crippen LogP contribution < -0.4 is 5.32 Å². The molecule has 7 unspecified atom stereocenters. The largest absolute Gasteiger partial charge is 0.394 e. The molecule has 0 bridgehead atoms. The van der Waals surface area contributed by atoms with Crippen molar-refractivity contribution >= 4 is 5.91 Å². The number of unbranched alkanes of at least 4 members (excludes halogenated alkanes) is 44. The summed E-state index contributed by atoms with van der Waals surface area (Å²) in [5.41, 5.74) is 0. The first-order chi connectivity index (χ1) is 47.8. The van der Waals surface area contributed by atoms with Crippen LogP contribution in [0.4, 0.5) is 0 Å². The Kier molecular flexibility index (Phi) is 71.1. The first-order valence-electron chi connectivity index (χ1n) is 41.3. The number of carbonyl (C=O) groups is 1. The molecule has 97 heavy (non-hydrogen) atoms. The minimum atomic E-state index is -1.58. The van der Waals surface area contributed by atoms with Crippen LogP contribution in [0.15, 0.2) is 122 Å². The molecule has 1 heterocycles. The van der Waals surface area contributed by atoms with E-state index in [4.69, 9.17) is 9.47 Å². The number of hydrogen-bond acceptors (Lipinski definition) is 8. The molecular formula is C88H155NO8. The lowest BCUT2D eigenvalue weighted by atomic mass is 9.99. The van der Waals surface area contributed by atoms with Gasteiger partial charge in [0.05, 0.1) is 25.4 Å². The van der Waals surface area contributed by atoms with Crippen molar-refractivity contribution in [3.8, 4) is 0 Å². The predicted octanol–water partition coefficient (Wildman–Crippen LogP) is 24.1. The van der Waals surface area contributed by atoms with Gasteiger partial charge in [0, 0.05) is 6.42 Å². The zero-order valence-electron chi connectivity index (χ0n) is 63.1. The Hall–Kier alpha value is -3.41. The average molecular weight is 1360 g/mol. The normalized spacial score (nSPS) is 18.0. The number of allylic oxidation sites excluding steroid dienone is 19. The van der Waals surface area contributed by atoms with Gasteiger partial charge in [0.1, 0.15) is 24.4 Å². The second-order valence-corrected chi connectivity index (χ2v) is 28.2. The van der Waals surface area contributed by atoms with E-state index < -0.39 is 49.5 Å². The molecule has 1 aliphatic rings. The molecule has 9 heteroatoms. The summed E-state index contributed by atoms with van der Waals surface area (Å²) in [6.07, 6.45) is 106. The van der Waals surface area contributed by atoms with E-state index in [1.54, 1.807) is 6.08 Å². The molecule has 6 N–H and O–H groups in total. The number of aliphatic hydroxyl groups excluding tert-OH is 5. The van der Waals surface area contributed by atoms with Gasteiger partial charge >= 0.3 is 0 Å². The third kappa shape index (κ3) is 63.3. The van der Waals surface area contributed by atoms with Crippen LogP contribution in [0.2, 0.25) is 0 Å². The van der Waals surface area contributed by atoms with Crippen molar-refractivity contribution < 1.29 is 39.8 Å². The lowest BCUT2D eigenvalue weighted by molar-refractivity contribution is -0.302. The maximum Gasteiger partial charge on any atom is 0.220 e. The number of amides is 1. The number of nitrogens with one attached hydrogen (secondary N) is 1. The zero-order chi connectivity index (χ0) is 69.9. The van der Waals surface area contributed by atoms with Crippen molar-refractivity contribution in [3.05, 3.63) is 122 Å². The van der Waals surface area contributed by atoms with Gasteiger partial charge in [-0.2, -0.15) is 0 Å². The van der Waals surface area contributed by atoms with E-state index in [1.165, 1.54) is 263 Å². The summed E-state index contributed by atoms with van der Waals surface area (Å²) in [5, 5.41) is 54.9. The van der Waals surface area contributed by atoms with Crippen molar-refractivity contribution in [2.24, 2.45) is 0 Å². The maximum absolute atomic E-state index is 13.2. The van der Waals surface area contributed by atoms with E-state index in [1.807, 2.05) is 6.08 Å². The highest BCUT2D eigenvalue weighted by Gasteiger charge is 2.44. The Morgan fingerprint density at radius 2 is 0.649 bits per heavy atom. The Bertz CT molecular complexity index is 1960. The van der Waals surface area contributed by atoms with E-state index in [0.717, 1.165) is 89.9 Å². The molecule has 0 aromatic rings. The molecule has 0 aromatic heterocycles. The highest BCUT2D eigenvalue weighted by Crippen LogP contribution is 2.24. The topological polar surface area (TPSA) is 149 Å². The lowest BCUT2D eigenvalue weighted by Gasteiger charge is -2.40. The van der Waals surface area contributed by atoms with Crippen LogP contribution >= 0.6 is 0 Å². The van der Waals surface area contributed by atoms with Gasteiger partial charge in [0.2, 0.25) is 5.91 Å². The molecule has 7 atom stereocenters. The van der Waals surface area contributed by atoms with Crippen LogP contribution in [0.3, 0.4) is 0 Å². The zero-order valence-corrected chi connectivity index (χ0v) is 63.1. The van der Waals surface area contributed by atoms with Gasteiger partial charge < -0.3 is 40.3 Å². The maximum atomic E-state index is 13.2. The second kappa shape index (κ2) is 75.3. The van der Waals surface area contributed by atoms with E-state index >= 15 is 0 Å². The highest BCUT2D eigenvalue weighted by molar-refractivity contribution is 5.76. The quantitative estimate of drug-likeness (QED) is 0.0261. The monoisotopic (exact) mass is 1350 g/mol. The van der Waals surface area contributed by atoms with E-state index in [9.17, 15) is 30.3 Å². The fraction of sp³-hybridized carbons (Fsp3) is 0.761. The molecule has 0 aliphatic carbocycles. The fourth-order valence-corrected chi connectivity index (χ4v) is 12.7. The molecular weight excluding hydrogens is 1200 g/mol. The minimum absolute atomic E-state index is 0.185. The highest BCUT2D eigenvalue weighted by atomic mass is 16.7. The van der Waals surface area contributed by atoms with Crippen molar-refractivity contribution in [2.45, 2.75) is 416 Å². The average Bonchev–Trinajstić information content (AvgIpc) is 0.854. The Morgan fingerprint density at radius 1 is 0.361 bits per heavy atom. The molecule has 1 fully saturated rings. The van der Waals surface area contributed by atoms with Gasteiger partial charge in [0.25, 0.3) is 0 Å².